The predicted molar refractivity (Wildman–Crippen MR) is 72.7 cm³/mol. The average Bonchev–Trinajstić information content (AvgIpc) is 2.76. The van der Waals surface area contributed by atoms with Gasteiger partial charge in [0.1, 0.15) is 15.6 Å². The van der Waals surface area contributed by atoms with Gasteiger partial charge in [-0.2, -0.15) is 4.31 Å². The van der Waals surface area contributed by atoms with Gasteiger partial charge in [-0.3, -0.25) is 4.98 Å². The van der Waals surface area contributed by atoms with Crippen LogP contribution in [-0.2, 0) is 10.0 Å². The van der Waals surface area contributed by atoms with E-state index in [4.69, 9.17) is 18.0 Å². The van der Waals surface area contributed by atoms with Gasteiger partial charge in [0.25, 0.3) is 0 Å². The number of rotatable bonds is 3. The van der Waals surface area contributed by atoms with Gasteiger partial charge in [0.15, 0.2) is 0 Å². The van der Waals surface area contributed by atoms with E-state index in [0.29, 0.717) is 19.0 Å². The number of aromatic nitrogens is 1. The summed E-state index contributed by atoms with van der Waals surface area (Å²) in [5, 5.41) is 0. The third-order valence-electron chi connectivity index (χ3n) is 3.01. The highest BCUT2D eigenvalue weighted by molar-refractivity contribution is 7.89. The molecule has 1 aromatic rings. The van der Waals surface area contributed by atoms with Crippen molar-refractivity contribution >= 4 is 27.2 Å². The minimum absolute atomic E-state index is 0.00132. The molecule has 18 heavy (non-hydrogen) atoms. The molecule has 2 N–H and O–H groups in total. The molecular weight excluding hydrogens is 270 g/mol. The lowest BCUT2D eigenvalue weighted by atomic mass is 10.2. The topological polar surface area (TPSA) is 76.3 Å². The van der Waals surface area contributed by atoms with Crippen molar-refractivity contribution in [3.8, 4) is 0 Å². The van der Waals surface area contributed by atoms with E-state index < -0.39 is 10.0 Å². The van der Waals surface area contributed by atoms with Crippen molar-refractivity contribution in [2.45, 2.75) is 18.2 Å². The normalized spacial score (nSPS) is 21.1. The summed E-state index contributed by atoms with van der Waals surface area (Å²) in [4.78, 5) is 4.07. The molecule has 0 amide bonds. The Kier molecular flexibility index (Phi) is 3.65. The van der Waals surface area contributed by atoms with Crippen LogP contribution < -0.4 is 5.73 Å². The number of nitrogens with zero attached hydrogens (tertiary/aromatic N) is 2. The summed E-state index contributed by atoms with van der Waals surface area (Å²) < 4.78 is 26.4. The average molecular weight is 285 g/mol. The van der Waals surface area contributed by atoms with Crippen LogP contribution in [0.15, 0.2) is 23.2 Å². The molecule has 1 aromatic heterocycles. The van der Waals surface area contributed by atoms with Crippen LogP contribution in [0.4, 0.5) is 0 Å². The summed E-state index contributed by atoms with van der Waals surface area (Å²) in [7, 11) is -3.54. The Morgan fingerprint density at radius 2 is 2.33 bits per heavy atom. The van der Waals surface area contributed by atoms with Crippen LogP contribution in [0.3, 0.4) is 0 Å². The van der Waals surface area contributed by atoms with Gasteiger partial charge in [-0.15, -0.1) is 0 Å². The van der Waals surface area contributed by atoms with Gasteiger partial charge >= 0.3 is 0 Å². The molecule has 0 radical (unpaired) electrons. The van der Waals surface area contributed by atoms with Crippen LogP contribution in [0.25, 0.3) is 0 Å². The number of nitrogens with two attached hydrogens (primary N) is 1. The maximum absolute atomic E-state index is 12.5. The fraction of sp³-hybridized carbons (Fsp3) is 0.455. The summed E-state index contributed by atoms with van der Waals surface area (Å²) in [6, 6.07) is 3.08. The molecule has 0 aromatic carbocycles. The first-order valence-electron chi connectivity index (χ1n) is 5.68. The molecule has 2 rings (SSSR count). The summed E-state index contributed by atoms with van der Waals surface area (Å²) in [5.74, 6) is 0.379. The SMILES string of the molecule is CC1CCN(S(=O)(=O)c2cccnc2C(N)=S)C1. The molecule has 2 heterocycles. The maximum Gasteiger partial charge on any atom is 0.245 e. The van der Waals surface area contributed by atoms with Gasteiger partial charge in [0.2, 0.25) is 10.0 Å². The number of sulfonamides is 1. The van der Waals surface area contributed by atoms with E-state index in [1.807, 2.05) is 6.92 Å². The van der Waals surface area contributed by atoms with Crippen LogP contribution in [0.5, 0.6) is 0 Å². The number of hydrogen-bond donors (Lipinski definition) is 1. The second-order valence-corrected chi connectivity index (χ2v) is 6.82. The van der Waals surface area contributed by atoms with E-state index in [2.05, 4.69) is 4.98 Å². The Bertz CT molecular complexity index is 571. The van der Waals surface area contributed by atoms with Crippen molar-refractivity contribution in [1.29, 1.82) is 0 Å². The van der Waals surface area contributed by atoms with E-state index in [-0.39, 0.29) is 15.6 Å². The van der Waals surface area contributed by atoms with Crippen molar-refractivity contribution in [2.24, 2.45) is 11.7 Å². The summed E-state index contributed by atoms with van der Waals surface area (Å²) in [5.41, 5.74) is 5.70. The third-order valence-corrected chi connectivity index (χ3v) is 5.10. The molecule has 0 saturated carbocycles. The molecule has 1 aliphatic heterocycles. The van der Waals surface area contributed by atoms with Crippen molar-refractivity contribution in [1.82, 2.24) is 9.29 Å². The van der Waals surface area contributed by atoms with Gasteiger partial charge in [-0.25, -0.2) is 8.42 Å². The van der Waals surface area contributed by atoms with Crippen molar-refractivity contribution in [3.63, 3.8) is 0 Å². The van der Waals surface area contributed by atoms with Gasteiger partial charge in [0.05, 0.1) is 0 Å². The third kappa shape index (κ3) is 2.38. The van der Waals surface area contributed by atoms with E-state index in [1.165, 1.54) is 16.6 Å². The largest absolute Gasteiger partial charge is 0.388 e. The molecule has 1 aliphatic rings. The standard InChI is InChI=1S/C11H15N3O2S2/c1-8-4-6-14(7-8)18(15,16)9-3-2-5-13-10(9)11(12)17/h2-3,5,8H,4,6-7H2,1H3,(H2,12,17). The van der Waals surface area contributed by atoms with Crippen LogP contribution in [0, 0.1) is 5.92 Å². The van der Waals surface area contributed by atoms with Crippen LogP contribution in [-0.4, -0.2) is 35.8 Å². The molecule has 1 atom stereocenters. The fourth-order valence-electron chi connectivity index (χ4n) is 2.04. The summed E-state index contributed by atoms with van der Waals surface area (Å²) >= 11 is 4.85. The highest BCUT2D eigenvalue weighted by Gasteiger charge is 2.32. The lowest BCUT2D eigenvalue weighted by Crippen LogP contribution is -2.31. The van der Waals surface area contributed by atoms with Crippen molar-refractivity contribution in [2.75, 3.05) is 13.1 Å². The quantitative estimate of drug-likeness (QED) is 0.829. The van der Waals surface area contributed by atoms with Gasteiger partial charge in [-0.1, -0.05) is 19.1 Å². The first kappa shape index (κ1) is 13.4. The Balaban J connectivity index is 2.45. The molecule has 98 valence electrons. The zero-order chi connectivity index (χ0) is 13.3. The Hall–Kier alpha value is -1.05. The predicted octanol–water partition coefficient (Wildman–Crippen LogP) is 0.746. The molecule has 5 nitrogen and oxygen atoms in total. The lowest BCUT2D eigenvalue weighted by Gasteiger charge is -2.17. The van der Waals surface area contributed by atoms with Crippen LogP contribution in [0.2, 0.25) is 0 Å². The first-order chi connectivity index (χ1) is 8.43. The molecule has 0 bridgehead atoms. The monoisotopic (exact) mass is 285 g/mol. The number of pyridine rings is 1. The van der Waals surface area contributed by atoms with E-state index in [1.54, 1.807) is 6.07 Å². The minimum Gasteiger partial charge on any atom is -0.388 e. The van der Waals surface area contributed by atoms with Crippen molar-refractivity contribution in [3.05, 3.63) is 24.0 Å². The zero-order valence-corrected chi connectivity index (χ0v) is 11.7. The van der Waals surface area contributed by atoms with Crippen LogP contribution >= 0.6 is 12.2 Å². The number of hydrogen-bond acceptors (Lipinski definition) is 4. The summed E-state index contributed by atoms with van der Waals surface area (Å²) in [6.07, 6.45) is 2.36. The highest BCUT2D eigenvalue weighted by atomic mass is 32.2. The second-order valence-electron chi connectivity index (χ2n) is 4.47. The summed E-state index contributed by atoms with van der Waals surface area (Å²) in [6.45, 7) is 3.11. The Morgan fingerprint density at radius 1 is 1.61 bits per heavy atom. The molecule has 1 saturated heterocycles. The smallest absolute Gasteiger partial charge is 0.245 e. The lowest BCUT2D eigenvalue weighted by molar-refractivity contribution is 0.464. The molecule has 0 aliphatic carbocycles. The van der Waals surface area contributed by atoms with Gasteiger partial charge in [0, 0.05) is 19.3 Å². The van der Waals surface area contributed by atoms with E-state index >= 15 is 0 Å². The van der Waals surface area contributed by atoms with E-state index in [0.717, 1.165) is 6.42 Å². The van der Waals surface area contributed by atoms with Gasteiger partial charge in [-0.05, 0) is 24.5 Å². The zero-order valence-electron chi connectivity index (χ0n) is 10.0. The van der Waals surface area contributed by atoms with Crippen molar-refractivity contribution < 1.29 is 8.42 Å². The first-order valence-corrected chi connectivity index (χ1v) is 7.52. The molecule has 7 heteroatoms. The molecule has 1 fully saturated rings. The minimum atomic E-state index is -3.54. The molecule has 1 unspecified atom stereocenters. The van der Waals surface area contributed by atoms with E-state index in [9.17, 15) is 8.42 Å². The highest BCUT2D eigenvalue weighted by Crippen LogP contribution is 2.25. The number of thiocarbonyl (C=S) groups is 1. The van der Waals surface area contributed by atoms with Crippen LogP contribution in [0.1, 0.15) is 19.0 Å². The Labute approximate surface area is 112 Å². The Morgan fingerprint density at radius 3 is 2.89 bits per heavy atom. The second kappa shape index (κ2) is 4.91. The molecule has 0 spiro atoms. The van der Waals surface area contributed by atoms with Gasteiger partial charge < -0.3 is 5.73 Å². The maximum atomic E-state index is 12.5. The molecular formula is C11H15N3O2S2. The fourth-order valence-corrected chi connectivity index (χ4v) is 4.00.